The topological polar surface area (TPSA) is 83.9 Å². The van der Waals surface area contributed by atoms with E-state index >= 15 is 0 Å². The number of hydrogen-bond acceptors (Lipinski definition) is 4. The quantitative estimate of drug-likeness (QED) is 0.876. The molecule has 0 unspecified atom stereocenters. The van der Waals surface area contributed by atoms with E-state index in [0.717, 1.165) is 10.6 Å². The van der Waals surface area contributed by atoms with Crippen molar-refractivity contribution in [3.63, 3.8) is 0 Å². The smallest absolute Gasteiger partial charge is 0.337 e. The van der Waals surface area contributed by atoms with Gasteiger partial charge in [0, 0.05) is 6.54 Å². The van der Waals surface area contributed by atoms with Crippen molar-refractivity contribution in [2.75, 3.05) is 24.2 Å². The van der Waals surface area contributed by atoms with Crippen molar-refractivity contribution in [2.24, 2.45) is 0 Å². The molecule has 6 nitrogen and oxygen atoms in total. The number of ether oxygens (including phenoxy) is 1. The molecule has 0 aliphatic rings. The standard InChI is InChI=1S/C11H14BrNO5S/c1-4-13(19(3,16)17)9-7(11(14)15)5-6-8(12)10(9)18-2/h5-6H,4H2,1-3H3,(H,14,15). The van der Waals surface area contributed by atoms with Crippen LogP contribution in [0.15, 0.2) is 16.6 Å². The van der Waals surface area contributed by atoms with E-state index in [2.05, 4.69) is 15.9 Å². The third kappa shape index (κ3) is 3.19. The Hall–Kier alpha value is -1.28. The largest absolute Gasteiger partial charge is 0.493 e. The second-order valence-electron chi connectivity index (χ2n) is 3.71. The van der Waals surface area contributed by atoms with Crippen molar-refractivity contribution in [2.45, 2.75) is 6.92 Å². The zero-order valence-corrected chi connectivity index (χ0v) is 13.1. The van der Waals surface area contributed by atoms with E-state index in [0.29, 0.717) is 4.47 Å². The fraction of sp³-hybridized carbons (Fsp3) is 0.364. The van der Waals surface area contributed by atoms with Crippen LogP contribution in [0.1, 0.15) is 17.3 Å². The number of carboxylic acid groups (broad SMARTS) is 1. The van der Waals surface area contributed by atoms with Crippen molar-refractivity contribution >= 4 is 37.6 Å². The Bertz CT molecular complexity index is 599. The van der Waals surface area contributed by atoms with Crippen molar-refractivity contribution in [1.82, 2.24) is 0 Å². The molecule has 1 aromatic carbocycles. The molecule has 106 valence electrons. The third-order valence-electron chi connectivity index (χ3n) is 2.45. The average Bonchev–Trinajstić information content (AvgIpc) is 2.28. The summed E-state index contributed by atoms with van der Waals surface area (Å²) in [5, 5.41) is 9.19. The Labute approximate surface area is 120 Å². The summed E-state index contributed by atoms with van der Waals surface area (Å²) in [6.07, 6.45) is 1.02. The molecular weight excluding hydrogens is 338 g/mol. The number of hydrogen-bond donors (Lipinski definition) is 1. The number of sulfonamides is 1. The van der Waals surface area contributed by atoms with Crippen LogP contribution in [0.4, 0.5) is 5.69 Å². The highest BCUT2D eigenvalue weighted by molar-refractivity contribution is 9.10. The lowest BCUT2D eigenvalue weighted by Crippen LogP contribution is -2.31. The van der Waals surface area contributed by atoms with Gasteiger partial charge in [-0.25, -0.2) is 13.2 Å². The van der Waals surface area contributed by atoms with E-state index in [1.807, 2.05) is 0 Å². The second-order valence-corrected chi connectivity index (χ2v) is 6.47. The summed E-state index contributed by atoms with van der Waals surface area (Å²) in [5.41, 5.74) is -0.110. The van der Waals surface area contributed by atoms with Gasteiger partial charge < -0.3 is 9.84 Å². The van der Waals surface area contributed by atoms with Crippen molar-refractivity contribution < 1.29 is 23.1 Å². The predicted octanol–water partition coefficient (Wildman–Crippen LogP) is 1.94. The minimum Gasteiger partial charge on any atom is -0.493 e. The van der Waals surface area contributed by atoms with Crippen LogP contribution in [0.25, 0.3) is 0 Å². The molecule has 0 spiro atoms. The first-order valence-corrected chi connectivity index (χ1v) is 7.95. The minimum absolute atomic E-state index is 0.0226. The molecule has 0 aromatic heterocycles. The fourth-order valence-corrected chi connectivity index (χ4v) is 3.18. The van der Waals surface area contributed by atoms with Gasteiger partial charge in [0.2, 0.25) is 10.0 Å². The van der Waals surface area contributed by atoms with E-state index in [1.54, 1.807) is 6.92 Å². The van der Waals surface area contributed by atoms with Crippen LogP contribution in [0.2, 0.25) is 0 Å². The first kappa shape index (κ1) is 15.8. The maximum absolute atomic E-state index is 11.8. The van der Waals surface area contributed by atoms with Gasteiger partial charge in [0.05, 0.1) is 23.4 Å². The van der Waals surface area contributed by atoms with Crippen LogP contribution in [0.3, 0.4) is 0 Å². The third-order valence-corrected chi connectivity index (χ3v) is 4.32. The molecule has 0 heterocycles. The van der Waals surface area contributed by atoms with E-state index in [9.17, 15) is 18.3 Å². The molecule has 0 atom stereocenters. The van der Waals surface area contributed by atoms with Crippen LogP contribution in [-0.4, -0.2) is 39.4 Å². The van der Waals surface area contributed by atoms with E-state index in [1.165, 1.54) is 19.2 Å². The zero-order chi connectivity index (χ0) is 14.8. The fourth-order valence-electron chi connectivity index (χ4n) is 1.72. The Kier molecular flexibility index (Phi) is 4.81. The van der Waals surface area contributed by atoms with Gasteiger partial charge in [-0.2, -0.15) is 0 Å². The first-order chi connectivity index (χ1) is 8.73. The van der Waals surface area contributed by atoms with Gasteiger partial charge in [0.1, 0.15) is 5.69 Å². The summed E-state index contributed by atoms with van der Waals surface area (Å²) in [4.78, 5) is 11.3. The van der Waals surface area contributed by atoms with Gasteiger partial charge in [-0.1, -0.05) is 0 Å². The van der Waals surface area contributed by atoms with Crippen LogP contribution >= 0.6 is 15.9 Å². The maximum Gasteiger partial charge on any atom is 0.337 e. The molecule has 0 aliphatic heterocycles. The number of methoxy groups -OCH3 is 1. The van der Waals surface area contributed by atoms with Gasteiger partial charge >= 0.3 is 5.97 Å². The Morgan fingerprint density at radius 3 is 2.42 bits per heavy atom. The lowest BCUT2D eigenvalue weighted by atomic mass is 10.1. The summed E-state index contributed by atoms with van der Waals surface area (Å²) in [6, 6.07) is 2.83. The monoisotopic (exact) mass is 351 g/mol. The van der Waals surface area contributed by atoms with E-state index in [4.69, 9.17) is 4.74 Å². The number of carboxylic acids is 1. The molecule has 0 saturated heterocycles. The molecule has 0 amide bonds. The van der Waals surface area contributed by atoms with E-state index in [-0.39, 0.29) is 23.5 Å². The van der Waals surface area contributed by atoms with Gasteiger partial charge in [-0.15, -0.1) is 0 Å². The van der Waals surface area contributed by atoms with Crippen LogP contribution in [0.5, 0.6) is 5.75 Å². The number of anilines is 1. The van der Waals surface area contributed by atoms with Crippen molar-refractivity contribution in [3.05, 3.63) is 22.2 Å². The summed E-state index contributed by atoms with van der Waals surface area (Å²) in [6.45, 7) is 1.72. The second kappa shape index (κ2) is 5.79. The lowest BCUT2D eigenvalue weighted by molar-refractivity contribution is 0.0697. The lowest BCUT2D eigenvalue weighted by Gasteiger charge is -2.24. The van der Waals surface area contributed by atoms with Crippen molar-refractivity contribution in [1.29, 1.82) is 0 Å². The molecule has 1 rings (SSSR count). The predicted molar refractivity (Wildman–Crippen MR) is 75.5 cm³/mol. The molecule has 1 N–H and O–H groups in total. The maximum atomic E-state index is 11.8. The average molecular weight is 352 g/mol. The Morgan fingerprint density at radius 1 is 1.47 bits per heavy atom. The molecule has 1 aromatic rings. The van der Waals surface area contributed by atoms with Gasteiger partial charge in [-0.3, -0.25) is 4.31 Å². The number of carbonyl (C=O) groups is 1. The molecular formula is C11H14BrNO5S. The minimum atomic E-state index is -3.60. The number of halogens is 1. The van der Waals surface area contributed by atoms with Gasteiger partial charge in [-0.05, 0) is 35.0 Å². The summed E-state index contributed by atoms with van der Waals surface area (Å²) in [7, 11) is -2.25. The van der Waals surface area contributed by atoms with E-state index < -0.39 is 16.0 Å². The highest BCUT2D eigenvalue weighted by Crippen LogP contribution is 2.39. The number of nitrogens with zero attached hydrogens (tertiary/aromatic N) is 1. The highest BCUT2D eigenvalue weighted by Gasteiger charge is 2.27. The molecule has 0 saturated carbocycles. The highest BCUT2D eigenvalue weighted by atomic mass is 79.9. The van der Waals surface area contributed by atoms with Crippen molar-refractivity contribution in [3.8, 4) is 5.75 Å². The van der Waals surface area contributed by atoms with Crippen LogP contribution in [-0.2, 0) is 10.0 Å². The van der Waals surface area contributed by atoms with Gasteiger partial charge in [0.15, 0.2) is 5.75 Å². The molecule has 0 radical (unpaired) electrons. The zero-order valence-electron chi connectivity index (χ0n) is 10.7. The molecule has 0 bridgehead atoms. The Balaban J connectivity index is 3.71. The summed E-state index contributed by atoms with van der Waals surface area (Å²) in [5.74, 6) is -1.05. The SMILES string of the molecule is CCN(c1c(C(=O)O)ccc(Br)c1OC)S(C)(=O)=O. The number of rotatable bonds is 5. The molecule has 0 aliphatic carbocycles. The first-order valence-electron chi connectivity index (χ1n) is 5.31. The molecule has 19 heavy (non-hydrogen) atoms. The normalized spacial score (nSPS) is 11.2. The molecule has 0 fully saturated rings. The number of aromatic carboxylic acids is 1. The van der Waals surface area contributed by atoms with Crippen LogP contribution < -0.4 is 9.04 Å². The number of benzene rings is 1. The summed E-state index contributed by atoms with van der Waals surface area (Å²) < 4.78 is 30.2. The molecule has 8 heteroatoms. The Morgan fingerprint density at radius 2 is 2.05 bits per heavy atom. The van der Waals surface area contributed by atoms with Crippen LogP contribution in [0, 0.1) is 0 Å². The van der Waals surface area contributed by atoms with Gasteiger partial charge in [0.25, 0.3) is 0 Å². The summed E-state index contributed by atoms with van der Waals surface area (Å²) >= 11 is 3.22.